The number of ether oxygens (including phenoxy) is 1. The highest BCUT2D eigenvalue weighted by Gasteiger charge is 2.16. The van der Waals surface area contributed by atoms with Crippen molar-refractivity contribution >= 4 is 17.5 Å². The van der Waals surface area contributed by atoms with Gasteiger partial charge in [-0.1, -0.05) is 12.1 Å². The zero-order valence-electron chi connectivity index (χ0n) is 16.7. The highest BCUT2D eigenvalue weighted by Crippen LogP contribution is 2.21. The summed E-state index contributed by atoms with van der Waals surface area (Å²) >= 11 is 0. The maximum atomic E-state index is 12.4. The summed E-state index contributed by atoms with van der Waals surface area (Å²) in [5, 5.41) is 5.58. The third-order valence-corrected chi connectivity index (χ3v) is 4.43. The molecule has 0 saturated carbocycles. The number of benzene rings is 2. The molecule has 1 unspecified atom stereocenters. The molecule has 0 aliphatic carbocycles. The maximum Gasteiger partial charge on any atom is 0.265 e. The van der Waals surface area contributed by atoms with Gasteiger partial charge in [-0.05, 0) is 74.4 Å². The van der Waals surface area contributed by atoms with Crippen molar-refractivity contribution in [3.8, 4) is 5.75 Å². The summed E-state index contributed by atoms with van der Waals surface area (Å²) in [6, 6.07) is 16.1. The quantitative estimate of drug-likeness (QED) is 0.630. The summed E-state index contributed by atoms with van der Waals surface area (Å²) < 4.78 is 11.0. The summed E-state index contributed by atoms with van der Waals surface area (Å²) in [5.41, 5.74) is 3.13. The van der Waals surface area contributed by atoms with Crippen molar-refractivity contribution in [3.05, 3.63) is 83.3 Å². The first kappa shape index (κ1) is 20.2. The fourth-order valence-corrected chi connectivity index (χ4v) is 2.71. The van der Waals surface area contributed by atoms with Crippen molar-refractivity contribution < 1.29 is 18.7 Å². The summed E-state index contributed by atoms with van der Waals surface area (Å²) in [6.07, 6.45) is 0.899. The van der Waals surface area contributed by atoms with Gasteiger partial charge in [-0.15, -0.1) is 0 Å². The summed E-state index contributed by atoms with van der Waals surface area (Å²) in [5.74, 6) is 0.892. The Morgan fingerprint density at radius 3 is 2.52 bits per heavy atom. The van der Waals surface area contributed by atoms with Crippen LogP contribution in [0.2, 0.25) is 0 Å². The molecule has 1 atom stereocenters. The van der Waals surface area contributed by atoms with Crippen LogP contribution in [0.15, 0.2) is 65.3 Å². The molecule has 0 aliphatic rings. The second-order valence-electron chi connectivity index (χ2n) is 6.86. The molecule has 3 rings (SSSR count). The Balaban J connectivity index is 1.55. The number of furan rings is 1. The number of amides is 2. The highest BCUT2D eigenvalue weighted by molar-refractivity contribution is 5.96. The minimum absolute atomic E-state index is 0.217. The Morgan fingerprint density at radius 2 is 1.83 bits per heavy atom. The van der Waals surface area contributed by atoms with Gasteiger partial charge in [-0.2, -0.15) is 0 Å². The highest BCUT2D eigenvalue weighted by atomic mass is 16.5. The van der Waals surface area contributed by atoms with Gasteiger partial charge in [0.25, 0.3) is 11.8 Å². The molecule has 6 heteroatoms. The molecule has 29 heavy (non-hydrogen) atoms. The van der Waals surface area contributed by atoms with E-state index in [1.807, 2.05) is 32.0 Å². The predicted octanol–water partition coefficient (Wildman–Crippen LogP) is 4.23. The molecule has 150 valence electrons. The van der Waals surface area contributed by atoms with E-state index in [0.29, 0.717) is 29.3 Å². The van der Waals surface area contributed by atoms with Gasteiger partial charge >= 0.3 is 0 Å². The van der Waals surface area contributed by atoms with Crippen LogP contribution in [0.25, 0.3) is 0 Å². The molecule has 2 N–H and O–H groups in total. The predicted molar refractivity (Wildman–Crippen MR) is 111 cm³/mol. The smallest absolute Gasteiger partial charge is 0.265 e. The molecule has 2 amide bonds. The zero-order valence-corrected chi connectivity index (χ0v) is 16.7. The van der Waals surface area contributed by atoms with E-state index >= 15 is 0 Å². The standard InChI is InChI=1S/C23H24N2O4/c1-15-6-7-16(2)21(13-15)29-17(3)22(26)25-19-10-8-18(9-11-19)23(27)24-14-20-5-4-12-28-20/h4-13,17H,14H2,1-3H3,(H,24,27)(H,25,26). The molecule has 0 spiro atoms. The Hall–Kier alpha value is -3.54. The molecule has 0 saturated heterocycles. The molecule has 0 fully saturated rings. The van der Waals surface area contributed by atoms with E-state index in [0.717, 1.165) is 11.1 Å². The van der Waals surface area contributed by atoms with Gasteiger partial charge < -0.3 is 19.8 Å². The molecule has 0 radical (unpaired) electrons. The Bertz CT molecular complexity index is 979. The largest absolute Gasteiger partial charge is 0.481 e. The third kappa shape index (κ3) is 5.48. The van der Waals surface area contributed by atoms with E-state index in [1.54, 1.807) is 49.6 Å². The van der Waals surface area contributed by atoms with Crippen molar-refractivity contribution in [2.75, 3.05) is 5.32 Å². The minimum atomic E-state index is -0.660. The van der Waals surface area contributed by atoms with Gasteiger partial charge in [-0.25, -0.2) is 0 Å². The minimum Gasteiger partial charge on any atom is -0.481 e. The number of rotatable bonds is 7. The molecule has 2 aromatic carbocycles. The lowest BCUT2D eigenvalue weighted by atomic mass is 10.1. The summed E-state index contributed by atoms with van der Waals surface area (Å²) in [6.45, 7) is 5.93. The number of anilines is 1. The molecule has 6 nitrogen and oxygen atoms in total. The van der Waals surface area contributed by atoms with Gasteiger partial charge in [0.15, 0.2) is 6.10 Å². The Labute approximate surface area is 169 Å². The number of carbonyl (C=O) groups is 2. The second-order valence-corrected chi connectivity index (χ2v) is 6.86. The van der Waals surface area contributed by atoms with E-state index in [4.69, 9.17) is 9.15 Å². The van der Waals surface area contributed by atoms with E-state index < -0.39 is 6.10 Å². The Morgan fingerprint density at radius 1 is 1.07 bits per heavy atom. The number of hydrogen-bond donors (Lipinski definition) is 2. The molecule has 1 aromatic heterocycles. The molecule has 0 aliphatic heterocycles. The number of aryl methyl sites for hydroxylation is 2. The first-order valence-corrected chi connectivity index (χ1v) is 9.38. The first-order chi connectivity index (χ1) is 13.9. The second kappa shape index (κ2) is 9.10. The summed E-state index contributed by atoms with van der Waals surface area (Å²) in [7, 11) is 0. The fraction of sp³-hybridized carbons (Fsp3) is 0.217. The van der Waals surface area contributed by atoms with Crippen LogP contribution in [-0.2, 0) is 11.3 Å². The lowest BCUT2D eigenvalue weighted by Gasteiger charge is -2.17. The van der Waals surface area contributed by atoms with Crippen LogP contribution < -0.4 is 15.4 Å². The van der Waals surface area contributed by atoms with Crippen LogP contribution in [0.1, 0.15) is 34.2 Å². The van der Waals surface area contributed by atoms with Crippen LogP contribution in [-0.4, -0.2) is 17.9 Å². The van der Waals surface area contributed by atoms with Gasteiger partial charge in [0.05, 0.1) is 12.8 Å². The van der Waals surface area contributed by atoms with Crippen molar-refractivity contribution in [1.82, 2.24) is 5.32 Å². The first-order valence-electron chi connectivity index (χ1n) is 9.38. The van der Waals surface area contributed by atoms with Gasteiger partial charge in [-0.3, -0.25) is 9.59 Å². The van der Waals surface area contributed by atoms with Gasteiger partial charge in [0.2, 0.25) is 0 Å². The molecular formula is C23H24N2O4. The van der Waals surface area contributed by atoms with E-state index in [9.17, 15) is 9.59 Å². The van der Waals surface area contributed by atoms with Gasteiger partial charge in [0, 0.05) is 11.3 Å². The average Bonchev–Trinajstić information content (AvgIpc) is 3.23. The topological polar surface area (TPSA) is 80.6 Å². The van der Waals surface area contributed by atoms with Crippen LogP contribution in [0.4, 0.5) is 5.69 Å². The Kier molecular flexibility index (Phi) is 6.34. The number of nitrogens with one attached hydrogen (secondary N) is 2. The lowest BCUT2D eigenvalue weighted by molar-refractivity contribution is -0.122. The number of hydrogen-bond acceptors (Lipinski definition) is 4. The van der Waals surface area contributed by atoms with Crippen LogP contribution in [0.3, 0.4) is 0 Å². The van der Waals surface area contributed by atoms with Crippen molar-refractivity contribution in [2.24, 2.45) is 0 Å². The molecule has 3 aromatic rings. The average molecular weight is 392 g/mol. The van der Waals surface area contributed by atoms with Crippen LogP contribution in [0.5, 0.6) is 5.75 Å². The zero-order chi connectivity index (χ0) is 20.8. The lowest BCUT2D eigenvalue weighted by Crippen LogP contribution is -2.30. The van der Waals surface area contributed by atoms with E-state index in [1.165, 1.54) is 0 Å². The molecular weight excluding hydrogens is 368 g/mol. The third-order valence-electron chi connectivity index (χ3n) is 4.43. The van der Waals surface area contributed by atoms with Crippen molar-refractivity contribution in [1.29, 1.82) is 0 Å². The number of carbonyl (C=O) groups excluding carboxylic acids is 2. The van der Waals surface area contributed by atoms with E-state index in [2.05, 4.69) is 10.6 Å². The SMILES string of the molecule is Cc1ccc(C)c(OC(C)C(=O)Nc2ccc(C(=O)NCc3ccco3)cc2)c1. The van der Waals surface area contributed by atoms with Crippen molar-refractivity contribution in [3.63, 3.8) is 0 Å². The molecule has 0 bridgehead atoms. The normalized spacial score (nSPS) is 11.6. The van der Waals surface area contributed by atoms with E-state index in [-0.39, 0.29) is 11.8 Å². The maximum absolute atomic E-state index is 12.4. The summed E-state index contributed by atoms with van der Waals surface area (Å²) in [4.78, 5) is 24.6. The monoisotopic (exact) mass is 392 g/mol. The van der Waals surface area contributed by atoms with Crippen LogP contribution in [0, 0.1) is 13.8 Å². The molecule has 1 heterocycles. The fourth-order valence-electron chi connectivity index (χ4n) is 2.71. The van der Waals surface area contributed by atoms with Crippen molar-refractivity contribution in [2.45, 2.75) is 33.4 Å². The van der Waals surface area contributed by atoms with Crippen LogP contribution >= 0.6 is 0 Å². The van der Waals surface area contributed by atoms with Gasteiger partial charge in [0.1, 0.15) is 11.5 Å².